The third-order valence-electron chi connectivity index (χ3n) is 1.53. The molecule has 4 heteroatoms. The number of anilines is 1. The largest absolute Gasteiger partial charge is 0.491 e. The van der Waals surface area contributed by atoms with Crippen LogP contribution in [0.4, 0.5) is 5.69 Å². The van der Waals surface area contributed by atoms with Crippen molar-refractivity contribution in [3.8, 4) is 5.75 Å². The van der Waals surface area contributed by atoms with Gasteiger partial charge in [-0.2, -0.15) is 0 Å². The second-order valence-corrected chi connectivity index (χ2v) is 3.38. The molecule has 0 aliphatic rings. The van der Waals surface area contributed by atoms with Gasteiger partial charge in [0.1, 0.15) is 12.4 Å². The Morgan fingerprint density at radius 1 is 1.38 bits per heavy atom. The van der Waals surface area contributed by atoms with Gasteiger partial charge in [0, 0.05) is 17.3 Å². The summed E-state index contributed by atoms with van der Waals surface area (Å²) in [7, 11) is 1.64. The molecule has 0 spiro atoms. The summed E-state index contributed by atoms with van der Waals surface area (Å²) >= 11 is 3.32. The van der Waals surface area contributed by atoms with Crippen LogP contribution >= 0.6 is 15.9 Å². The normalized spacial score (nSPS) is 10.0. The van der Waals surface area contributed by atoms with E-state index in [1.54, 1.807) is 13.2 Å². The van der Waals surface area contributed by atoms with Gasteiger partial charge in [-0.05, 0) is 34.1 Å². The quantitative estimate of drug-likeness (QED) is 0.653. The topological polar surface area (TPSA) is 44.5 Å². The predicted molar refractivity (Wildman–Crippen MR) is 55.9 cm³/mol. The van der Waals surface area contributed by atoms with Gasteiger partial charge in [0.2, 0.25) is 0 Å². The lowest BCUT2D eigenvalue weighted by atomic mass is 10.3. The minimum absolute atomic E-state index is 0.548. The molecule has 1 aromatic rings. The standard InChI is InChI=1S/C9H12BrNO2/c1-12-4-5-13-7-2-3-9(11)8(10)6-7/h2-3,6H,4-5,11H2,1H3. The van der Waals surface area contributed by atoms with E-state index >= 15 is 0 Å². The molecule has 0 saturated carbocycles. The highest BCUT2D eigenvalue weighted by molar-refractivity contribution is 9.10. The summed E-state index contributed by atoms with van der Waals surface area (Å²) in [5, 5.41) is 0. The lowest BCUT2D eigenvalue weighted by Crippen LogP contribution is -2.04. The third-order valence-corrected chi connectivity index (χ3v) is 2.21. The van der Waals surface area contributed by atoms with Crippen molar-refractivity contribution in [2.24, 2.45) is 0 Å². The molecule has 3 nitrogen and oxygen atoms in total. The molecular weight excluding hydrogens is 234 g/mol. The Kier molecular flexibility index (Phi) is 4.05. The first kappa shape index (κ1) is 10.3. The SMILES string of the molecule is COCCOc1ccc(N)c(Br)c1. The van der Waals surface area contributed by atoms with Gasteiger partial charge in [0.25, 0.3) is 0 Å². The van der Waals surface area contributed by atoms with Gasteiger partial charge in [-0.1, -0.05) is 0 Å². The molecule has 13 heavy (non-hydrogen) atoms. The maximum absolute atomic E-state index is 5.62. The fourth-order valence-electron chi connectivity index (χ4n) is 0.840. The van der Waals surface area contributed by atoms with Gasteiger partial charge < -0.3 is 15.2 Å². The Labute approximate surface area is 86.0 Å². The van der Waals surface area contributed by atoms with E-state index in [1.807, 2.05) is 12.1 Å². The van der Waals surface area contributed by atoms with Gasteiger partial charge >= 0.3 is 0 Å². The Morgan fingerprint density at radius 2 is 2.15 bits per heavy atom. The Bertz CT molecular complexity index is 278. The fourth-order valence-corrected chi connectivity index (χ4v) is 1.20. The van der Waals surface area contributed by atoms with Crippen LogP contribution in [0.1, 0.15) is 0 Å². The maximum atomic E-state index is 5.62. The zero-order valence-electron chi connectivity index (χ0n) is 7.42. The average molecular weight is 246 g/mol. The van der Waals surface area contributed by atoms with E-state index in [9.17, 15) is 0 Å². The number of rotatable bonds is 4. The Morgan fingerprint density at radius 3 is 2.77 bits per heavy atom. The maximum Gasteiger partial charge on any atom is 0.120 e. The van der Waals surface area contributed by atoms with Crippen molar-refractivity contribution in [1.82, 2.24) is 0 Å². The van der Waals surface area contributed by atoms with Crippen molar-refractivity contribution in [2.45, 2.75) is 0 Å². The molecule has 0 fully saturated rings. The number of hydrogen-bond acceptors (Lipinski definition) is 3. The van der Waals surface area contributed by atoms with E-state index in [1.165, 1.54) is 0 Å². The molecule has 2 N–H and O–H groups in total. The number of nitrogens with two attached hydrogens (primary N) is 1. The van der Waals surface area contributed by atoms with Gasteiger partial charge in [0.15, 0.2) is 0 Å². The molecule has 0 saturated heterocycles. The first-order valence-corrected chi connectivity index (χ1v) is 4.70. The van der Waals surface area contributed by atoms with Crippen LogP contribution < -0.4 is 10.5 Å². The van der Waals surface area contributed by atoms with Crippen LogP contribution in [0, 0.1) is 0 Å². The summed E-state index contributed by atoms with van der Waals surface area (Å²) in [6, 6.07) is 5.47. The van der Waals surface area contributed by atoms with E-state index in [2.05, 4.69) is 15.9 Å². The Balaban J connectivity index is 2.53. The van der Waals surface area contributed by atoms with E-state index in [-0.39, 0.29) is 0 Å². The monoisotopic (exact) mass is 245 g/mol. The highest BCUT2D eigenvalue weighted by Crippen LogP contribution is 2.24. The molecule has 72 valence electrons. The number of benzene rings is 1. The van der Waals surface area contributed by atoms with Crippen LogP contribution in [0.15, 0.2) is 22.7 Å². The first-order chi connectivity index (χ1) is 6.24. The first-order valence-electron chi connectivity index (χ1n) is 3.91. The highest BCUT2D eigenvalue weighted by Gasteiger charge is 1.98. The van der Waals surface area contributed by atoms with E-state index in [0.717, 1.165) is 10.2 Å². The van der Waals surface area contributed by atoms with Crippen molar-refractivity contribution < 1.29 is 9.47 Å². The summed E-state index contributed by atoms with van der Waals surface area (Å²) in [5.74, 6) is 0.790. The van der Waals surface area contributed by atoms with Crippen LogP contribution in [-0.2, 0) is 4.74 Å². The second kappa shape index (κ2) is 5.09. The van der Waals surface area contributed by atoms with E-state index in [0.29, 0.717) is 18.9 Å². The van der Waals surface area contributed by atoms with Crippen molar-refractivity contribution in [2.75, 3.05) is 26.1 Å². The molecule has 0 aliphatic carbocycles. The molecule has 0 radical (unpaired) electrons. The van der Waals surface area contributed by atoms with Gasteiger partial charge in [-0.15, -0.1) is 0 Å². The van der Waals surface area contributed by atoms with Crippen molar-refractivity contribution >= 4 is 21.6 Å². The van der Waals surface area contributed by atoms with Crippen molar-refractivity contribution in [3.63, 3.8) is 0 Å². The minimum Gasteiger partial charge on any atom is -0.491 e. The summed E-state index contributed by atoms with van der Waals surface area (Å²) < 4.78 is 11.1. The van der Waals surface area contributed by atoms with Gasteiger partial charge in [0.05, 0.1) is 6.61 Å². The molecular formula is C9H12BrNO2. The Hall–Kier alpha value is -0.740. The van der Waals surface area contributed by atoms with Crippen LogP contribution in [0.3, 0.4) is 0 Å². The molecule has 0 atom stereocenters. The lowest BCUT2D eigenvalue weighted by Gasteiger charge is -2.06. The fraction of sp³-hybridized carbons (Fsp3) is 0.333. The predicted octanol–water partition coefficient (Wildman–Crippen LogP) is 2.06. The highest BCUT2D eigenvalue weighted by atomic mass is 79.9. The third kappa shape index (κ3) is 3.24. The number of halogens is 1. The molecule has 0 amide bonds. The lowest BCUT2D eigenvalue weighted by molar-refractivity contribution is 0.146. The molecule has 1 rings (SSSR count). The molecule has 0 heterocycles. The smallest absolute Gasteiger partial charge is 0.120 e. The van der Waals surface area contributed by atoms with Gasteiger partial charge in [-0.25, -0.2) is 0 Å². The number of nitrogen functional groups attached to an aromatic ring is 1. The molecule has 0 aromatic heterocycles. The molecule has 0 unspecified atom stereocenters. The molecule has 1 aromatic carbocycles. The van der Waals surface area contributed by atoms with Crippen molar-refractivity contribution in [3.05, 3.63) is 22.7 Å². The number of hydrogen-bond donors (Lipinski definition) is 1. The van der Waals surface area contributed by atoms with E-state index < -0.39 is 0 Å². The van der Waals surface area contributed by atoms with Crippen molar-refractivity contribution in [1.29, 1.82) is 0 Å². The summed E-state index contributed by atoms with van der Waals surface area (Å²) in [6.45, 7) is 1.13. The average Bonchev–Trinajstić information content (AvgIpc) is 2.12. The van der Waals surface area contributed by atoms with Crippen LogP contribution in [0.25, 0.3) is 0 Å². The summed E-state index contributed by atoms with van der Waals surface area (Å²) in [5.41, 5.74) is 6.32. The zero-order chi connectivity index (χ0) is 9.68. The molecule has 0 bridgehead atoms. The zero-order valence-corrected chi connectivity index (χ0v) is 9.00. The molecule has 0 aliphatic heterocycles. The number of methoxy groups -OCH3 is 1. The van der Waals surface area contributed by atoms with Crippen LogP contribution in [0.5, 0.6) is 5.75 Å². The summed E-state index contributed by atoms with van der Waals surface area (Å²) in [4.78, 5) is 0. The van der Waals surface area contributed by atoms with Gasteiger partial charge in [-0.3, -0.25) is 0 Å². The van der Waals surface area contributed by atoms with Crippen LogP contribution in [-0.4, -0.2) is 20.3 Å². The number of ether oxygens (including phenoxy) is 2. The minimum atomic E-state index is 0.548. The summed E-state index contributed by atoms with van der Waals surface area (Å²) in [6.07, 6.45) is 0. The second-order valence-electron chi connectivity index (χ2n) is 2.52. The van der Waals surface area contributed by atoms with Crippen LogP contribution in [0.2, 0.25) is 0 Å². The van der Waals surface area contributed by atoms with E-state index in [4.69, 9.17) is 15.2 Å².